The molecule has 2 heterocycles. The van der Waals surface area contributed by atoms with Crippen molar-refractivity contribution in [2.45, 2.75) is 37.5 Å². The van der Waals surface area contributed by atoms with E-state index in [0.29, 0.717) is 23.2 Å². The predicted octanol–water partition coefficient (Wildman–Crippen LogP) is 4.86. The molecule has 2 aliphatic carbocycles. The molecule has 0 saturated heterocycles. The Kier molecular flexibility index (Phi) is 3.71. The number of ether oxygens (including phenoxy) is 1. The fourth-order valence-electron chi connectivity index (χ4n) is 3.84. The average molecular weight is 361 g/mol. The van der Waals surface area contributed by atoms with Gasteiger partial charge in [0.2, 0.25) is 0 Å². The Morgan fingerprint density at radius 2 is 1.96 bits per heavy atom. The molecule has 0 atom stereocenters. The van der Waals surface area contributed by atoms with Gasteiger partial charge in [0.15, 0.2) is 0 Å². The molecule has 27 heavy (non-hydrogen) atoms. The molecular weight excluding hydrogens is 338 g/mol. The molecule has 0 radical (unpaired) electrons. The molecule has 2 saturated carbocycles. The lowest BCUT2D eigenvalue weighted by atomic mass is 10.1. The van der Waals surface area contributed by atoms with Crippen molar-refractivity contribution in [3.63, 3.8) is 0 Å². The van der Waals surface area contributed by atoms with Crippen LogP contribution in [0, 0.1) is 0 Å². The van der Waals surface area contributed by atoms with Gasteiger partial charge in [-0.15, -0.1) is 0 Å². The van der Waals surface area contributed by atoms with E-state index in [1.807, 2.05) is 18.3 Å². The number of esters is 1. The third kappa shape index (κ3) is 2.97. The van der Waals surface area contributed by atoms with E-state index >= 15 is 0 Å². The van der Waals surface area contributed by atoms with Crippen LogP contribution in [0.2, 0.25) is 0 Å². The lowest BCUT2D eigenvalue weighted by Gasteiger charge is -2.12. The van der Waals surface area contributed by atoms with Crippen molar-refractivity contribution in [2.75, 3.05) is 12.4 Å². The average Bonchev–Trinajstić information content (AvgIpc) is 3.59. The highest BCUT2D eigenvalue weighted by molar-refractivity contribution is 5.96. The molecule has 0 amide bonds. The summed E-state index contributed by atoms with van der Waals surface area (Å²) in [5, 5.41) is 4.62. The molecule has 5 heteroatoms. The monoisotopic (exact) mass is 361 g/mol. The first kappa shape index (κ1) is 16.4. The minimum atomic E-state index is -0.355. The van der Waals surface area contributed by atoms with E-state index in [1.54, 1.807) is 0 Å². The Morgan fingerprint density at radius 1 is 1.19 bits per heavy atom. The summed E-state index contributed by atoms with van der Waals surface area (Å²) in [5.74, 6) is 1.42. The molecule has 5 nitrogen and oxygen atoms in total. The van der Waals surface area contributed by atoms with E-state index < -0.39 is 0 Å². The first-order chi connectivity index (χ1) is 13.1. The molecule has 0 bridgehead atoms. The number of methoxy groups -OCH3 is 1. The van der Waals surface area contributed by atoms with Gasteiger partial charge in [0.25, 0.3) is 0 Å². The van der Waals surface area contributed by atoms with Gasteiger partial charge in [-0.05, 0) is 72.9 Å². The van der Waals surface area contributed by atoms with Crippen molar-refractivity contribution < 1.29 is 9.53 Å². The summed E-state index contributed by atoms with van der Waals surface area (Å²) in [7, 11) is 3.50. The van der Waals surface area contributed by atoms with Crippen LogP contribution in [0.1, 0.15) is 59.0 Å². The Bertz CT molecular complexity index is 1050. The van der Waals surface area contributed by atoms with E-state index in [9.17, 15) is 4.79 Å². The quantitative estimate of drug-likeness (QED) is 0.660. The highest BCUT2D eigenvalue weighted by Gasteiger charge is 2.28. The van der Waals surface area contributed by atoms with Crippen LogP contribution in [0.5, 0.6) is 0 Å². The Labute approximate surface area is 158 Å². The lowest BCUT2D eigenvalue weighted by Crippen LogP contribution is -2.08. The molecule has 3 aromatic rings. The number of rotatable bonds is 5. The molecule has 0 aliphatic heterocycles. The number of nitrogens with one attached hydrogen (secondary N) is 1. The van der Waals surface area contributed by atoms with Gasteiger partial charge in [-0.3, -0.25) is 0 Å². The molecule has 2 fully saturated rings. The first-order valence-corrected chi connectivity index (χ1v) is 9.58. The fourth-order valence-corrected chi connectivity index (χ4v) is 3.84. The number of hydrogen-bond acceptors (Lipinski definition) is 4. The number of pyridine rings is 1. The molecule has 2 aliphatic rings. The van der Waals surface area contributed by atoms with Crippen molar-refractivity contribution in [1.82, 2.24) is 9.55 Å². The maximum atomic E-state index is 12.3. The van der Waals surface area contributed by atoms with Gasteiger partial charge in [0, 0.05) is 36.0 Å². The fraction of sp³-hybridized carbons (Fsp3) is 0.364. The SMILES string of the molecule is COC(=O)c1cc(C2CC2)cnc1Nc1ccc2c(c1)c(C1CC1)cn2C. The zero-order valence-electron chi connectivity index (χ0n) is 15.7. The third-order valence-electron chi connectivity index (χ3n) is 5.66. The van der Waals surface area contributed by atoms with Crippen LogP contribution in [0.25, 0.3) is 10.9 Å². The minimum absolute atomic E-state index is 0.355. The zero-order chi connectivity index (χ0) is 18.5. The second kappa shape index (κ2) is 6.12. The van der Waals surface area contributed by atoms with Crippen LogP contribution in [-0.2, 0) is 11.8 Å². The van der Waals surface area contributed by atoms with Gasteiger partial charge in [-0.2, -0.15) is 0 Å². The second-order valence-electron chi connectivity index (χ2n) is 7.76. The van der Waals surface area contributed by atoms with E-state index in [1.165, 1.54) is 49.3 Å². The van der Waals surface area contributed by atoms with Gasteiger partial charge in [-0.25, -0.2) is 9.78 Å². The van der Waals surface area contributed by atoms with Crippen LogP contribution in [0.4, 0.5) is 11.5 Å². The summed E-state index contributed by atoms with van der Waals surface area (Å²) in [6, 6.07) is 8.26. The van der Waals surface area contributed by atoms with Crippen LogP contribution >= 0.6 is 0 Å². The summed E-state index contributed by atoms with van der Waals surface area (Å²) in [5.41, 5.74) is 5.20. The number of nitrogens with zero attached hydrogens (tertiary/aromatic N) is 2. The van der Waals surface area contributed by atoms with Crippen molar-refractivity contribution in [2.24, 2.45) is 7.05 Å². The highest BCUT2D eigenvalue weighted by Crippen LogP contribution is 2.44. The van der Waals surface area contributed by atoms with Gasteiger partial charge in [-0.1, -0.05) is 0 Å². The minimum Gasteiger partial charge on any atom is -0.465 e. The van der Waals surface area contributed by atoms with Crippen molar-refractivity contribution in [3.05, 3.63) is 53.3 Å². The van der Waals surface area contributed by atoms with Crippen LogP contribution in [0.15, 0.2) is 36.7 Å². The highest BCUT2D eigenvalue weighted by atomic mass is 16.5. The summed E-state index contributed by atoms with van der Waals surface area (Å²) in [4.78, 5) is 16.8. The summed E-state index contributed by atoms with van der Waals surface area (Å²) in [6.45, 7) is 0. The van der Waals surface area contributed by atoms with Crippen LogP contribution in [0.3, 0.4) is 0 Å². The van der Waals surface area contributed by atoms with Crippen LogP contribution < -0.4 is 5.32 Å². The molecule has 0 spiro atoms. The molecule has 1 aromatic carbocycles. The zero-order valence-corrected chi connectivity index (χ0v) is 15.7. The normalized spacial score (nSPS) is 16.5. The van der Waals surface area contributed by atoms with Crippen molar-refractivity contribution >= 4 is 28.4 Å². The number of aryl methyl sites for hydroxylation is 1. The van der Waals surface area contributed by atoms with E-state index in [0.717, 1.165) is 11.3 Å². The number of hydrogen-bond donors (Lipinski definition) is 1. The van der Waals surface area contributed by atoms with Gasteiger partial charge in [0.1, 0.15) is 11.4 Å². The maximum Gasteiger partial charge on any atom is 0.341 e. The van der Waals surface area contributed by atoms with Gasteiger partial charge < -0.3 is 14.6 Å². The Morgan fingerprint density at radius 3 is 2.67 bits per heavy atom. The third-order valence-corrected chi connectivity index (χ3v) is 5.66. The summed E-state index contributed by atoms with van der Waals surface area (Å²) < 4.78 is 7.17. The van der Waals surface area contributed by atoms with Crippen molar-refractivity contribution in [1.29, 1.82) is 0 Å². The maximum absolute atomic E-state index is 12.3. The molecule has 1 N–H and O–H groups in total. The number of fused-ring (bicyclic) bond motifs is 1. The number of aromatic nitrogens is 2. The van der Waals surface area contributed by atoms with E-state index in [2.05, 4.69) is 40.2 Å². The summed E-state index contributed by atoms with van der Waals surface area (Å²) in [6.07, 6.45) is 9.01. The topological polar surface area (TPSA) is 56.1 Å². The second-order valence-corrected chi connectivity index (χ2v) is 7.76. The number of carbonyl (C=O) groups is 1. The van der Waals surface area contributed by atoms with Crippen molar-refractivity contribution in [3.8, 4) is 0 Å². The molecule has 0 unspecified atom stereocenters. The first-order valence-electron chi connectivity index (χ1n) is 9.58. The van der Waals surface area contributed by atoms with Gasteiger partial charge in [0.05, 0.1) is 7.11 Å². The number of carbonyl (C=O) groups excluding carboxylic acids is 1. The lowest BCUT2D eigenvalue weighted by molar-refractivity contribution is 0.0601. The Hall–Kier alpha value is -2.82. The standard InChI is InChI=1S/C22H23N3O2/c1-25-12-19(14-5-6-14)17-10-16(7-8-20(17)25)24-21-18(22(26)27-2)9-15(11-23-21)13-3-4-13/h7-14H,3-6H2,1-2H3,(H,23,24). The van der Waals surface area contributed by atoms with Crippen LogP contribution in [-0.4, -0.2) is 22.6 Å². The summed E-state index contributed by atoms with van der Waals surface area (Å²) >= 11 is 0. The molecule has 2 aromatic heterocycles. The Balaban J connectivity index is 1.52. The van der Waals surface area contributed by atoms with Gasteiger partial charge >= 0.3 is 5.97 Å². The number of anilines is 2. The largest absolute Gasteiger partial charge is 0.465 e. The predicted molar refractivity (Wildman–Crippen MR) is 106 cm³/mol. The molecule has 5 rings (SSSR count). The molecular formula is C22H23N3O2. The molecule has 138 valence electrons. The number of benzene rings is 1. The van der Waals surface area contributed by atoms with E-state index in [4.69, 9.17) is 4.74 Å². The van der Waals surface area contributed by atoms with E-state index in [-0.39, 0.29) is 5.97 Å². The smallest absolute Gasteiger partial charge is 0.341 e.